The van der Waals surface area contributed by atoms with Gasteiger partial charge in [0.2, 0.25) is 0 Å². The van der Waals surface area contributed by atoms with Crippen LogP contribution in [0.2, 0.25) is 0 Å². The van der Waals surface area contributed by atoms with Crippen molar-refractivity contribution in [2.75, 3.05) is 11.5 Å². The van der Waals surface area contributed by atoms with Crippen LogP contribution in [0.15, 0.2) is 18.2 Å². The zero-order valence-corrected chi connectivity index (χ0v) is 13.1. The molecule has 1 nitrogen and oxygen atoms in total. The van der Waals surface area contributed by atoms with E-state index in [0.717, 1.165) is 23.3 Å². The van der Waals surface area contributed by atoms with Gasteiger partial charge in [0.1, 0.15) is 5.82 Å². The molecule has 2 rings (SSSR count). The summed E-state index contributed by atoms with van der Waals surface area (Å²) < 4.78 is 13.3. The number of thioether (sulfide) groups is 2. The topological polar surface area (TPSA) is 20.2 Å². The van der Waals surface area contributed by atoms with E-state index in [1.807, 2.05) is 30.4 Å². The molecule has 0 radical (unpaired) electrons. The molecule has 1 aromatic carbocycles. The highest BCUT2D eigenvalue weighted by Crippen LogP contribution is 2.36. The van der Waals surface area contributed by atoms with Crippen LogP contribution in [0.5, 0.6) is 0 Å². The van der Waals surface area contributed by atoms with E-state index in [1.54, 1.807) is 12.1 Å². The maximum absolute atomic E-state index is 13.3. The highest BCUT2D eigenvalue weighted by Gasteiger charge is 2.31. The molecule has 0 aliphatic carbocycles. The van der Waals surface area contributed by atoms with Crippen molar-refractivity contribution in [3.8, 4) is 0 Å². The fourth-order valence-electron chi connectivity index (χ4n) is 2.50. The molecule has 0 saturated carbocycles. The Morgan fingerprint density at radius 1 is 1.37 bits per heavy atom. The number of aryl methyl sites for hydroxylation is 1. The van der Waals surface area contributed by atoms with Crippen molar-refractivity contribution in [3.63, 3.8) is 0 Å². The molecule has 106 valence electrons. The Kier molecular flexibility index (Phi) is 5.60. The number of aliphatic hydroxyl groups is 1. The number of rotatable bonds is 4. The Morgan fingerprint density at radius 3 is 2.84 bits per heavy atom. The molecule has 0 amide bonds. The average molecular weight is 300 g/mol. The lowest BCUT2D eigenvalue weighted by Gasteiger charge is -2.33. The number of benzene rings is 1. The van der Waals surface area contributed by atoms with Crippen molar-refractivity contribution in [1.82, 2.24) is 0 Å². The lowest BCUT2D eigenvalue weighted by Crippen LogP contribution is -2.37. The van der Waals surface area contributed by atoms with Crippen LogP contribution in [0.3, 0.4) is 0 Å². The predicted molar refractivity (Wildman–Crippen MR) is 83.6 cm³/mol. The van der Waals surface area contributed by atoms with Gasteiger partial charge in [0.05, 0.1) is 6.10 Å². The zero-order chi connectivity index (χ0) is 13.8. The van der Waals surface area contributed by atoms with Crippen LogP contribution < -0.4 is 0 Å². The van der Waals surface area contributed by atoms with Gasteiger partial charge in [-0.05, 0) is 43.0 Å². The first-order valence-electron chi connectivity index (χ1n) is 6.78. The molecule has 1 fully saturated rings. The molecule has 1 aliphatic rings. The van der Waals surface area contributed by atoms with Crippen molar-refractivity contribution in [2.24, 2.45) is 0 Å². The third-order valence-electron chi connectivity index (χ3n) is 3.61. The van der Waals surface area contributed by atoms with Gasteiger partial charge in [-0.1, -0.05) is 13.0 Å². The average Bonchev–Trinajstić information content (AvgIpc) is 2.42. The molecule has 1 N–H and O–H groups in total. The molecule has 1 aliphatic heterocycles. The summed E-state index contributed by atoms with van der Waals surface area (Å²) >= 11 is 3.83. The van der Waals surface area contributed by atoms with Gasteiger partial charge in [-0.3, -0.25) is 0 Å². The standard InChI is InChI=1S/C15H21FOS2/c1-3-14-15(19-7-6-18-14)13(17)9-11-8-12(16)5-4-10(11)2/h4-5,8,13-15,17H,3,6-7,9H2,1-2H3. The van der Waals surface area contributed by atoms with Crippen molar-refractivity contribution < 1.29 is 9.50 Å². The van der Waals surface area contributed by atoms with E-state index in [4.69, 9.17) is 0 Å². The van der Waals surface area contributed by atoms with Crippen LogP contribution >= 0.6 is 23.5 Å². The fourth-order valence-corrected chi connectivity index (χ4v) is 5.64. The van der Waals surface area contributed by atoms with Gasteiger partial charge in [0, 0.05) is 22.0 Å². The highest BCUT2D eigenvalue weighted by atomic mass is 32.2. The van der Waals surface area contributed by atoms with E-state index in [1.165, 1.54) is 11.8 Å². The lowest BCUT2D eigenvalue weighted by atomic mass is 9.99. The largest absolute Gasteiger partial charge is 0.392 e. The van der Waals surface area contributed by atoms with E-state index >= 15 is 0 Å². The summed E-state index contributed by atoms with van der Waals surface area (Å²) in [6, 6.07) is 4.82. The fraction of sp³-hybridized carbons (Fsp3) is 0.600. The summed E-state index contributed by atoms with van der Waals surface area (Å²) in [5.74, 6) is 2.06. The van der Waals surface area contributed by atoms with Crippen molar-refractivity contribution in [1.29, 1.82) is 0 Å². The Morgan fingerprint density at radius 2 is 2.11 bits per heavy atom. The molecule has 1 saturated heterocycles. The van der Waals surface area contributed by atoms with Gasteiger partial charge in [0.25, 0.3) is 0 Å². The summed E-state index contributed by atoms with van der Waals surface area (Å²) in [4.78, 5) is 0. The number of aliphatic hydroxyl groups excluding tert-OH is 1. The monoisotopic (exact) mass is 300 g/mol. The van der Waals surface area contributed by atoms with Gasteiger partial charge in [0.15, 0.2) is 0 Å². The summed E-state index contributed by atoms with van der Waals surface area (Å²) in [5.41, 5.74) is 1.99. The van der Waals surface area contributed by atoms with Gasteiger partial charge >= 0.3 is 0 Å². The summed E-state index contributed by atoms with van der Waals surface area (Å²) in [6.07, 6.45) is 1.25. The molecule has 3 unspecified atom stereocenters. The van der Waals surface area contributed by atoms with Crippen LogP contribution in [0.4, 0.5) is 4.39 Å². The second kappa shape index (κ2) is 7.00. The minimum atomic E-state index is -0.386. The van der Waals surface area contributed by atoms with Crippen molar-refractivity contribution in [2.45, 2.75) is 43.3 Å². The maximum Gasteiger partial charge on any atom is 0.123 e. The van der Waals surface area contributed by atoms with Crippen LogP contribution in [0.1, 0.15) is 24.5 Å². The van der Waals surface area contributed by atoms with Crippen molar-refractivity contribution >= 4 is 23.5 Å². The molecule has 4 heteroatoms. The Balaban J connectivity index is 2.06. The number of halogens is 1. The summed E-state index contributed by atoms with van der Waals surface area (Å²) in [5, 5.41) is 11.3. The molecule has 0 bridgehead atoms. The molecule has 0 spiro atoms. The number of hydrogen-bond donors (Lipinski definition) is 1. The van der Waals surface area contributed by atoms with E-state index in [-0.39, 0.29) is 17.2 Å². The minimum Gasteiger partial charge on any atom is -0.392 e. The van der Waals surface area contributed by atoms with E-state index < -0.39 is 0 Å². The van der Waals surface area contributed by atoms with Crippen molar-refractivity contribution in [3.05, 3.63) is 35.1 Å². The third kappa shape index (κ3) is 3.89. The molecular weight excluding hydrogens is 279 g/mol. The summed E-state index contributed by atoms with van der Waals surface area (Å²) in [6.45, 7) is 4.15. The zero-order valence-electron chi connectivity index (χ0n) is 11.4. The lowest BCUT2D eigenvalue weighted by molar-refractivity contribution is 0.169. The van der Waals surface area contributed by atoms with Gasteiger partial charge in [-0.25, -0.2) is 4.39 Å². The van der Waals surface area contributed by atoms with E-state index in [0.29, 0.717) is 11.7 Å². The molecule has 3 atom stereocenters. The highest BCUT2D eigenvalue weighted by molar-refractivity contribution is 8.07. The molecule has 1 aromatic rings. The van der Waals surface area contributed by atoms with E-state index in [9.17, 15) is 9.50 Å². The molecule has 1 heterocycles. The Hall–Kier alpha value is -0.190. The predicted octanol–water partition coefficient (Wildman–Crippen LogP) is 3.66. The molecule has 0 aromatic heterocycles. The second-order valence-electron chi connectivity index (χ2n) is 5.00. The second-order valence-corrected chi connectivity index (χ2v) is 7.63. The van der Waals surface area contributed by atoms with Crippen LogP contribution in [-0.4, -0.2) is 33.2 Å². The third-order valence-corrected chi connectivity index (χ3v) is 7.01. The SMILES string of the molecule is CCC1SCCSC1C(O)Cc1cc(F)ccc1C. The van der Waals surface area contributed by atoms with Crippen LogP contribution in [0.25, 0.3) is 0 Å². The maximum atomic E-state index is 13.3. The van der Waals surface area contributed by atoms with Crippen LogP contribution in [0, 0.1) is 12.7 Å². The van der Waals surface area contributed by atoms with E-state index in [2.05, 4.69) is 6.92 Å². The van der Waals surface area contributed by atoms with Gasteiger partial charge in [-0.2, -0.15) is 23.5 Å². The van der Waals surface area contributed by atoms with Crippen LogP contribution in [-0.2, 0) is 6.42 Å². The summed E-state index contributed by atoms with van der Waals surface area (Å²) in [7, 11) is 0. The molecular formula is C15H21FOS2. The smallest absolute Gasteiger partial charge is 0.123 e. The number of hydrogen-bond acceptors (Lipinski definition) is 3. The van der Waals surface area contributed by atoms with Gasteiger partial charge < -0.3 is 5.11 Å². The first-order valence-corrected chi connectivity index (χ1v) is 8.88. The normalized spacial score (nSPS) is 25.3. The first kappa shape index (κ1) is 15.2. The quantitative estimate of drug-likeness (QED) is 0.916. The minimum absolute atomic E-state index is 0.217. The Bertz CT molecular complexity index is 425. The first-order chi connectivity index (χ1) is 9.11. The Labute approximate surface area is 123 Å². The van der Waals surface area contributed by atoms with Gasteiger partial charge in [-0.15, -0.1) is 0 Å². The molecule has 19 heavy (non-hydrogen) atoms.